The molecule has 72 valence electrons. The highest BCUT2D eigenvalue weighted by Gasteiger charge is 2.07. The summed E-state index contributed by atoms with van der Waals surface area (Å²) in [4.78, 5) is 14.9. The number of aromatic amines is 1. The number of nitrogens with one attached hydrogen (secondary N) is 2. The molecule has 0 saturated carbocycles. The predicted molar refractivity (Wildman–Crippen MR) is 55.4 cm³/mol. The molecule has 2 rings (SSSR count). The van der Waals surface area contributed by atoms with Gasteiger partial charge in [0.15, 0.2) is 11.5 Å². The van der Waals surface area contributed by atoms with Gasteiger partial charge in [-0.2, -0.15) is 9.97 Å². The van der Waals surface area contributed by atoms with Gasteiger partial charge in [0.2, 0.25) is 5.28 Å². The van der Waals surface area contributed by atoms with E-state index in [1.807, 2.05) is 0 Å². The van der Waals surface area contributed by atoms with E-state index in [0.29, 0.717) is 18.0 Å². The van der Waals surface area contributed by atoms with E-state index in [1.54, 1.807) is 12.4 Å². The average Bonchev–Trinajstić information content (AvgIpc) is 2.61. The van der Waals surface area contributed by atoms with Gasteiger partial charge in [0, 0.05) is 6.54 Å². The summed E-state index contributed by atoms with van der Waals surface area (Å²) in [5.41, 5.74) is 1.30. The van der Waals surface area contributed by atoms with E-state index in [4.69, 9.17) is 11.6 Å². The molecule has 6 heteroatoms. The first-order valence-electron chi connectivity index (χ1n) is 4.02. The van der Waals surface area contributed by atoms with Gasteiger partial charge < -0.3 is 10.3 Å². The van der Waals surface area contributed by atoms with Crippen molar-refractivity contribution in [3.8, 4) is 0 Å². The number of H-pyrrole nitrogens is 1. The smallest absolute Gasteiger partial charge is 0.226 e. The highest BCUT2D eigenvalue weighted by Crippen LogP contribution is 2.17. The summed E-state index contributed by atoms with van der Waals surface area (Å²) in [6.45, 7) is 4.21. The average molecular weight is 210 g/mol. The Kier molecular flexibility index (Phi) is 2.32. The van der Waals surface area contributed by atoms with Crippen molar-refractivity contribution in [2.75, 3.05) is 11.9 Å². The lowest BCUT2D eigenvalue weighted by Crippen LogP contribution is -2.02. The largest absolute Gasteiger partial charge is 0.365 e. The summed E-state index contributed by atoms with van der Waals surface area (Å²) in [6, 6.07) is 0. The lowest BCUT2D eigenvalue weighted by atomic mass is 10.5. The van der Waals surface area contributed by atoms with Crippen LogP contribution in [0.25, 0.3) is 11.2 Å². The van der Waals surface area contributed by atoms with Crippen LogP contribution in [0.2, 0.25) is 5.28 Å². The van der Waals surface area contributed by atoms with Crippen LogP contribution in [0.15, 0.2) is 19.0 Å². The molecule has 2 heterocycles. The first kappa shape index (κ1) is 8.96. The summed E-state index contributed by atoms with van der Waals surface area (Å²) >= 11 is 5.72. The summed E-state index contributed by atoms with van der Waals surface area (Å²) in [5, 5.41) is 3.22. The van der Waals surface area contributed by atoms with E-state index in [2.05, 4.69) is 31.8 Å². The third kappa shape index (κ3) is 1.54. The fraction of sp³-hybridized carbons (Fsp3) is 0.125. The Morgan fingerprint density at radius 3 is 3.21 bits per heavy atom. The van der Waals surface area contributed by atoms with Crippen molar-refractivity contribution in [1.29, 1.82) is 0 Å². The molecule has 0 saturated heterocycles. The van der Waals surface area contributed by atoms with E-state index in [-0.39, 0.29) is 5.28 Å². The lowest BCUT2D eigenvalue weighted by molar-refractivity contribution is 1.17. The maximum absolute atomic E-state index is 5.72. The van der Waals surface area contributed by atoms with E-state index in [9.17, 15) is 0 Å². The SMILES string of the molecule is C=CCNc1nc(Cl)nc2nc[nH]c12. The molecule has 2 aromatic heterocycles. The fourth-order valence-corrected chi connectivity index (χ4v) is 1.27. The normalized spacial score (nSPS) is 10.4. The van der Waals surface area contributed by atoms with Gasteiger partial charge in [-0.25, -0.2) is 4.98 Å². The molecule has 0 bridgehead atoms. The van der Waals surface area contributed by atoms with Gasteiger partial charge in [-0.1, -0.05) is 6.08 Å². The van der Waals surface area contributed by atoms with Crippen molar-refractivity contribution in [3.05, 3.63) is 24.3 Å². The Morgan fingerprint density at radius 1 is 1.57 bits per heavy atom. The Hall–Kier alpha value is -1.62. The van der Waals surface area contributed by atoms with Crippen LogP contribution >= 0.6 is 11.6 Å². The third-order valence-electron chi connectivity index (χ3n) is 1.67. The summed E-state index contributed by atoms with van der Waals surface area (Å²) < 4.78 is 0. The summed E-state index contributed by atoms with van der Waals surface area (Å²) in [5.74, 6) is 0.636. The number of aromatic nitrogens is 4. The molecule has 2 aromatic rings. The molecule has 0 radical (unpaired) electrons. The molecule has 2 N–H and O–H groups in total. The summed E-state index contributed by atoms with van der Waals surface area (Å²) in [6.07, 6.45) is 3.28. The number of imidazole rings is 1. The Balaban J connectivity index is 2.49. The van der Waals surface area contributed by atoms with E-state index in [1.165, 1.54) is 0 Å². The minimum absolute atomic E-state index is 0.177. The molecular weight excluding hydrogens is 202 g/mol. The number of fused-ring (bicyclic) bond motifs is 1. The van der Waals surface area contributed by atoms with Crippen LogP contribution in [0.3, 0.4) is 0 Å². The maximum Gasteiger partial charge on any atom is 0.226 e. The number of anilines is 1. The van der Waals surface area contributed by atoms with Gasteiger partial charge in [-0.3, -0.25) is 0 Å². The second-order valence-electron chi connectivity index (χ2n) is 2.61. The van der Waals surface area contributed by atoms with Crippen molar-refractivity contribution >= 4 is 28.6 Å². The molecule has 0 aromatic carbocycles. The van der Waals surface area contributed by atoms with Crippen molar-refractivity contribution in [1.82, 2.24) is 19.9 Å². The highest BCUT2D eigenvalue weighted by molar-refractivity contribution is 6.28. The van der Waals surface area contributed by atoms with Crippen LogP contribution in [0.5, 0.6) is 0 Å². The molecule has 0 amide bonds. The molecule has 0 aliphatic carbocycles. The van der Waals surface area contributed by atoms with Crippen LogP contribution in [0.1, 0.15) is 0 Å². The van der Waals surface area contributed by atoms with Crippen LogP contribution in [0, 0.1) is 0 Å². The fourth-order valence-electron chi connectivity index (χ4n) is 1.10. The van der Waals surface area contributed by atoms with Crippen LogP contribution < -0.4 is 5.32 Å². The van der Waals surface area contributed by atoms with Crippen molar-refractivity contribution < 1.29 is 0 Å². The quantitative estimate of drug-likeness (QED) is 0.595. The van der Waals surface area contributed by atoms with Gasteiger partial charge in [0.25, 0.3) is 0 Å². The monoisotopic (exact) mass is 209 g/mol. The molecule has 0 aliphatic rings. The topological polar surface area (TPSA) is 66.5 Å². The van der Waals surface area contributed by atoms with Crippen LogP contribution in [-0.2, 0) is 0 Å². The Morgan fingerprint density at radius 2 is 2.43 bits per heavy atom. The zero-order chi connectivity index (χ0) is 9.97. The Labute approximate surface area is 85.2 Å². The van der Waals surface area contributed by atoms with Crippen LogP contribution in [0.4, 0.5) is 5.82 Å². The van der Waals surface area contributed by atoms with Gasteiger partial charge in [-0.05, 0) is 11.6 Å². The second-order valence-corrected chi connectivity index (χ2v) is 2.95. The number of hydrogen-bond donors (Lipinski definition) is 2. The van der Waals surface area contributed by atoms with Crippen molar-refractivity contribution in [3.63, 3.8) is 0 Å². The molecule has 0 unspecified atom stereocenters. The molecular formula is C8H8ClN5. The first-order chi connectivity index (χ1) is 6.81. The standard InChI is InChI=1S/C8H8ClN5/c1-2-3-10-6-5-7(12-4-11-5)14-8(9)13-6/h2,4H,1,3H2,(H2,10,11,12,13,14). The highest BCUT2D eigenvalue weighted by atomic mass is 35.5. The molecule has 14 heavy (non-hydrogen) atoms. The summed E-state index contributed by atoms with van der Waals surface area (Å²) in [7, 11) is 0. The minimum atomic E-state index is 0.177. The number of nitrogens with zero attached hydrogens (tertiary/aromatic N) is 3. The molecule has 0 fully saturated rings. The van der Waals surface area contributed by atoms with Crippen molar-refractivity contribution in [2.45, 2.75) is 0 Å². The zero-order valence-electron chi connectivity index (χ0n) is 7.29. The van der Waals surface area contributed by atoms with Gasteiger partial charge in [-0.15, -0.1) is 6.58 Å². The lowest BCUT2D eigenvalue weighted by Gasteiger charge is -2.02. The second kappa shape index (κ2) is 3.63. The number of rotatable bonds is 3. The third-order valence-corrected chi connectivity index (χ3v) is 1.84. The van der Waals surface area contributed by atoms with E-state index < -0.39 is 0 Å². The van der Waals surface area contributed by atoms with E-state index in [0.717, 1.165) is 5.52 Å². The molecule has 5 nitrogen and oxygen atoms in total. The number of hydrogen-bond acceptors (Lipinski definition) is 4. The van der Waals surface area contributed by atoms with Crippen molar-refractivity contribution in [2.24, 2.45) is 0 Å². The molecule has 0 aliphatic heterocycles. The predicted octanol–water partition coefficient (Wildman–Crippen LogP) is 1.60. The van der Waals surface area contributed by atoms with Gasteiger partial charge in [0.05, 0.1) is 6.33 Å². The Bertz CT molecular complexity index is 464. The molecule has 0 spiro atoms. The zero-order valence-corrected chi connectivity index (χ0v) is 8.04. The minimum Gasteiger partial charge on any atom is -0.365 e. The van der Waals surface area contributed by atoms with Gasteiger partial charge >= 0.3 is 0 Å². The maximum atomic E-state index is 5.72. The van der Waals surface area contributed by atoms with Gasteiger partial charge in [0.1, 0.15) is 5.52 Å². The first-order valence-corrected chi connectivity index (χ1v) is 4.40. The molecule has 0 atom stereocenters. The number of halogens is 1. The van der Waals surface area contributed by atoms with E-state index >= 15 is 0 Å². The van der Waals surface area contributed by atoms with Crippen LogP contribution in [-0.4, -0.2) is 26.5 Å².